The number of rotatable bonds is 6. The van der Waals surface area contributed by atoms with Crippen molar-refractivity contribution in [3.63, 3.8) is 0 Å². The molecule has 0 bridgehead atoms. The second-order valence-electron chi connectivity index (χ2n) is 4.46. The fourth-order valence-electron chi connectivity index (χ4n) is 1.76. The predicted octanol–water partition coefficient (Wildman–Crippen LogP) is 1.10. The number of aliphatic carboxylic acids is 1. The molecule has 14 heavy (non-hydrogen) atoms. The van der Waals surface area contributed by atoms with Crippen molar-refractivity contribution >= 4 is 5.97 Å². The minimum atomic E-state index is -0.809. The Morgan fingerprint density at radius 3 is 2.36 bits per heavy atom. The Balaban J connectivity index is 4.46. The van der Waals surface area contributed by atoms with Crippen LogP contribution in [0.4, 0.5) is 0 Å². The highest BCUT2D eigenvalue weighted by molar-refractivity contribution is 5.67. The molecule has 0 spiro atoms. The summed E-state index contributed by atoms with van der Waals surface area (Å²) in [6.07, 6.45) is 0.0913. The van der Waals surface area contributed by atoms with E-state index in [2.05, 4.69) is 0 Å². The summed E-state index contributed by atoms with van der Waals surface area (Å²) in [6, 6.07) is 0. The fraction of sp³-hybridized carbons (Fsp3) is 0.900. The van der Waals surface area contributed by atoms with Crippen molar-refractivity contribution < 1.29 is 14.6 Å². The summed E-state index contributed by atoms with van der Waals surface area (Å²) in [4.78, 5) is 10.7. The van der Waals surface area contributed by atoms with Crippen molar-refractivity contribution in [3.8, 4) is 0 Å². The average molecular weight is 203 g/mol. The molecular weight excluding hydrogens is 182 g/mol. The third kappa shape index (κ3) is 4.58. The van der Waals surface area contributed by atoms with Gasteiger partial charge in [-0.1, -0.05) is 6.92 Å². The minimum Gasteiger partial charge on any atom is -0.481 e. The molecule has 0 aliphatic carbocycles. The van der Waals surface area contributed by atoms with Crippen LogP contribution in [0, 0.1) is 11.8 Å². The zero-order valence-corrected chi connectivity index (χ0v) is 9.41. The Bertz CT molecular complexity index is 186. The largest absolute Gasteiger partial charge is 0.481 e. The van der Waals surface area contributed by atoms with Gasteiger partial charge in [-0.15, -0.1) is 0 Å². The van der Waals surface area contributed by atoms with E-state index in [1.54, 1.807) is 7.11 Å². The quantitative estimate of drug-likeness (QED) is 0.678. The number of ether oxygens (including phenoxy) is 1. The fourth-order valence-corrected chi connectivity index (χ4v) is 1.76. The van der Waals surface area contributed by atoms with Crippen molar-refractivity contribution in [2.45, 2.75) is 32.7 Å². The van der Waals surface area contributed by atoms with E-state index in [4.69, 9.17) is 15.6 Å². The summed E-state index contributed by atoms with van der Waals surface area (Å²) in [6.45, 7) is 6.21. The molecule has 0 saturated carbocycles. The summed E-state index contributed by atoms with van der Waals surface area (Å²) in [5.41, 5.74) is 5.45. The van der Waals surface area contributed by atoms with E-state index in [0.717, 1.165) is 0 Å². The smallest absolute Gasteiger partial charge is 0.303 e. The summed E-state index contributed by atoms with van der Waals surface area (Å²) in [5.74, 6) is -0.729. The molecule has 0 rings (SSSR count). The number of methoxy groups -OCH3 is 1. The lowest BCUT2D eigenvalue weighted by Crippen LogP contribution is -2.46. The van der Waals surface area contributed by atoms with Gasteiger partial charge >= 0.3 is 5.97 Å². The maximum absolute atomic E-state index is 10.7. The summed E-state index contributed by atoms with van der Waals surface area (Å²) in [7, 11) is 1.61. The van der Waals surface area contributed by atoms with Crippen LogP contribution in [0.2, 0.25) is 0 Å². The van der Waals surface area contributed by atoms with Crippen molar-refractivity contribution in [2.75, 3.05) is 13.7 Å². The van der Waals surface area contributed by atoms with Crippen molar-refractivity contribution in [3.05, 3.63) is 0 Å². The molecule has 0 heterocycles. The van der Waals surface area contributed by atoms with Gasteiger partial charge < -0.3 is 15.6 Å². The second kappa shape index (κ2) is 5.32. The number of hydrogen-bond donors (Lipinski definition) is 2. The number of carboxylic acids is 1. The SMILES string of the molecule is COCC(C)C(CC(=O)O)C(C)(C)N. The summed E-state index contributed by atoms with van der Waals surface area (Å²) >= 11 is 0. The van der Waals surface area contributed by atoms with E-state index in [-0.39, 0.29) is 18.3 Å². The first kappa shape index (κ1) is 13.4. The Kier molecular flexibility index (Phi) is 5.08. The molecule has 4 nitrogen and oxygen atoms in total. The summed E-state index contributed by atoms with van der Waals surface area (Å²) < 4.78 is 5.01. The van der Waals surface area contributed by atoms with Crippen LogP contribution in [-0.4, -0.2) is 30.3 Å². The van der Waals surface area contributed by atoms with Crippen molar-refractivity contribution in [1.29, 1.82) is 0 Å². The Labute approximate surface area is 85.4 Å². The maximum Gasteiger partial charge on any atom is 0.303 e. The molecule has 3 N–H and O–H groups in total. The third-order valence-corrected chi connectivity index (χ3v) is 2.47. The van der Waals surface area contributed by atoms with Crippen molar-refractivity contribution in [1.82, 2.24) is 0 Å². The second-order valence-corrected chi connectivity index (χ2v) is 4.46. The van der Waals surface area contributed by atoms with Crippen LogP contribution in [0.1, 0.15) is 27.2 Å². The van der Waals surface area contributed by atoms with Crippen LogP contribution in [0.5, 0.6) is 0 Å². The Hall–Kier alpha value is -0.610. The van der Waals surface area contributed by atoms with Gasteiger partial charge in [0.1, 0.15) is 0 Å². The van der Waals surface area contributed by atoms with E-state index in [9.17, 15) is 4.79 Å². The lowest BCUT2D eigenvalue weighted by atomic mass is 9.77. The minimum absolute atomic E-state index is 0.0695. The lowest BCUT2D eigenvalue weighted by Gasteiger charge is -2.34. The van der Waals surface area contributed by atoms with Gasteiger partial charge in [0, 0.05) is 19.3 Å². The zero-order valence-electron chi connectivity index (χ0n) is 9.41. The first-order chi connectivity index (χ1) is 6.29. The maximum atomic E-state index is 10.7. The molecule has 0 radical (unpaired) electrons. The average Bonchev–Trinajstić information content (AvgIpc) is 1.98. The normalized spacial score (nSPS) is 16.4. The summed E-state index contributed by atoms with van der Waals surface area (Å²) in [5, 5.41) is 8.77. The molecule has 0 aromatic heterocycles. The molecule has 0 amide bonds. The number of hydrogen-bond acceptors (Lipinski definition) is 3. The molecular formula is C10H21NO3. The van der Waals surface area contributed by atoms with E-state index in [0.29, 0.717) is 6.61 Å². The molecule has 84 valence electrons. The molecule has 0 aromatic carbocycles. The molecule has 2 atom stereocenters. The van der Waals surface area contributed by atoms with Gasteiger partial charge in [-0.25, -0.2) is 0 Å². The van der Waals surface area contributed by atoms with E-state index >= 15 is 0 Å². The third-order valence-electron chi connectivity index (χ3n) is 2.47. The number of carboxylic acid groups (broad SMARTS) is 1. The highest BCUT2D eigenvalue weighted by Gasteiger charge is 2.31. The Morgan fingerprint density at radius 2 is 2.07 bits per heavy atom. The van der Waals surface area contributed by atoms with E-state index < -0.39 is 11.5 Å². The molecule has 2 unspecified atom stereocenters. The van der Waals surface area contributed by atoms with Crippen LogP contribution in [0.3, 0.4) is 0 Å². The van der Waals surface area contributed by atoms with E-state index in [1.165, 1.54) is 0 Å². The highest BCUT2D eigenvalue weighted by Crippen LogP contribution is 2.26. The number of nitrogens with two attached hydrogens (primary N) is 1. The highest BCUT2D eigenvalue weighted by atomic mass is 16.5. The molecule has 0 aliphatic rings. The van der Waals surface area contributed by atoms with Gasteiger partial charge in [-0.2, -0.15) is 0 Å². The van der Waals surface area contributed by atoms with Crippen LogP contribution >= 0.6 is 0 Å². The molecule has 0 saturated heterocycles. The van der Waals surface area contributed by atoms with Gasteiger partial charge in [0.25, 0.3) is 0 Å². The molecule has 0 fully saturated rings. The monoisotopic (exact) mass is 203 g/mol. The number of carbonyl (C=O) groups is 1. The topological polar surface area (TPSA) is 72.5 Å². The first-order valence-corrected chi connectivity index (χ1v) is 4.78. The van der Waals surface area contributed by atoms with Gasteiger partial charge in [0.15, 0.2) is 0 Å². The van der Waals surface area contributed by atoms with Gasteiger partial charge in [0.05, 0.1) is 6.42 Å². The van der Waals surface area contributed by atoms with Crippen LogP contribution in [-0.2, 0) is 9.53 Å². The van der Waals surface area contributed by atoms with Crippen molar-refractivity contribution in [2.24, 2.45) is 17.6 Å². The molecule has 0 aliphatic heterocycles. The predicted molar refractivity (Wildman–Crippen MR) is 55.0 cm³/mol. The van der Waals surface area contributed by atoms with Crippen LogP contribution < -0.4 is 5.73 Å². The first-order valence-electron chi connectivity index (χ1n) is 4.78. The van der Waals surface area contributed by atoms with E-state index in [1.807, 2.05) is 20.8 Å². The standard InChI is InChI=1S/C10H21NO3/c1-7(6-14-4)8(5-9(12)13)10(2,3)11/h7-8H,5-6,11H2,1-4H3,(H,12,13). The van der Waals surface area contributed by atoms with Gasteiger partial charge in [-0.3, -0.25) is 4.79 Å². The molecule has 4 heteroatoms. The Morgan fingerprint density at radius 1 is 1.57 bits per heavy atom. The molecule has 0 aromatic rings. The van der Waals surface area contributed by atoms with Gasteiger partial charge in [0.2, 0.25) is 0 Å². The lowest BCUT2D eigenvalue weighted by molar-refractivity contribution is -0.139. The zero-order chi connectivity index (χ0) is 11.4. The van der Waals surface area contributed by atoms with Crippen LogP contribution in [0.25, 0.3) is 0 Å². The van der Waals surface area contributed by atoms with Gasteiger partial charge in [-0.05, 0) is 25.7 Å². The van der Waals surface area contributed by atoms with Crippen LogP contribution in [0.15, 0.2) is 0 Å².